The van der Waals surface area contributed by atoms with Gasteiger partial charge in [0.05, 0.1) is 18.0 Å². The first-order valence-corrected chi connectivity index (χ1v) is 8.32. The van der Waals surface area contributed by atoms with Crippen molar-refractivity contribution in [3.05, 3.63) is 24.3 Å². The highest BCUT2D eigenvalue weighted by atomic mass is 32.2. The number of nitrogens with two attached hydrogens (primary N) is 1. The quantitative estimate of drug-likeness (QED) is 0.733. The number of rotatable bonds is 5. The maximum atomic E-state index is 12.2. The van der Waals surface area contributed by atoms with E-state index < -0.39 is 10.0 Å². The second kappa shape index (κ2) is 6.77. The molecular weight excluding hydrogens is 294 g/mol. The van der Waals surface area contributed by atoms with Gasteiger partial charge in [0.15, 0.2) is 0 Å². The highest BCUT2D eigenvalue weighted by Crippen LogP contribution is 2.19. The number of nitrogens with one attached hydrogen (secondary N) is 1. The Labute approximate surface area is 124 Å². The minimum Gasteiger partial charge on any atom is -0.490 e. The smallest absolute Gasteiger partial charge is 0.235 e. The number of benzene rings is 1. The van der Waals surface area contributed by atoms with Crippen molar-refractivity contribution in [3.63, 3.8) is 0 Å². The fraction of sp³-hybridized carbons (Fsp3) is 0.462. The van der Waals surface area contributed by atoms with Crippen molar-refractivity contribution in [2.75, 3.05) is 37.7 Å². The molecule has 1 saturated heterocycles. The molecule has 0 spiro atoms. The van der Waals surface area contributed by atoms with Gasteiger partial charge in [-0.15, -0.1) is 0 Å². The molecule has 1 heterocycles. The molecule has 0 radical (unpaired) electrons. The van der Waals surface area contributed by atoms with E-state index >= 15 is 0 Å². The topological polar surface area (TPSA) is 102 Å². The molecule has 1 aliphatic rings. The molecule has 0 aliphatic carbocycles. The number of hydrogen-bond acceptors (Lipinski definition) is 5. The van der Waals surface area contributed by atoms with Crippen LogP contribution in [-0.2, 0) is 14.8 Å². The van der Waals surface area contributed by atoms with E-state index in [1.165, 1.54) is 4.31 Å². The summed E-state index contributed by atoms with van der Waals surface area (Å²) in [7, 11) is -3.52. The lowest BCUT2D eigenvalue weighted by Crippen LogP contribution is -2.39. The van der Waals surface area contributed by atoms with E-state index in [4.69, 9.17) is 10.5 Å². The summed E-state index contributed by atoms with van der Waals surface area (Å²) in [6.07, 6.45) is 0.609. The summed E-state index contributed by atoms with van der Waals surface area (Å²) in [5.41, 5.74) is 6.18. The number of nitrogen functional groups attached to an aromatic ring is 1. The molecule has 1 aromatic carbocycles. The molecule has 0 bridgehead atoms. The second-order valence-corrected chi connectivity index (χ2v) is 6.83. The number of anilines is 1. The van der Waals surface area contributed by atoms with Crippen molar-refractivity contribution in [1.82, 2.24) is 9.62 Å². The summed E-state index contributed by atoms with van der Waals surface area (Å²) in [4.78, 5) is 11.4. The molecule has 1 fully saturated rings. The van der Waals surface area contributed by atoms with Gasteiger partial charge in [0.1, 0.15) is 12.4 Å². The fourth-order valence-corrected chi connectivity index (χ4v) is 3.29. The number of carbonyl (C=O) groups excluding carboxylic acids is 1. The van der Waals surface area contributed by atoms with E-state index in [-0.39, 0.29) is 24.8 Å². The van der Waals surface area contributed by atoms with Gasteiger partial charge in [0, 0.05) is 13.1 Å². The third kappa shape index (κ3) is 4.33. The Bertz CT molecular complexity index is 603. The fourth-order valence-electron chi connectivity index (χ4n) is 2.01. The lowest BCUT2D eigenvalue weighted by molar-refractivity contribution is -0.120. The Morgan fingerprint density at radius 3 is 2.86 bits per heavy atom. The van der Waals surface area contributed by atoms with Gasteiger partial charge in [0.2, 0.25) is 15.9 Å². The lowest BCUT2D eigenvalue weighted by atomic mass is 10.3. The zero-order valence-corrected chi connectivity index (χ0v) is 12.4. The molecule has 116 valence electrons. The van der Waals surface area contributed by atoms with Crippen LogP contribution in [0, 0.1) is 0 Å². The van der Waals surface area contributed by atoms with E-state index in [2.05, 4.69) is 5.32 Å². The van der Waals surface area contributed by atoms with Gasteiger partial charge >= 0.3 is 0 Å². The second-order valence-electron chi connectivity index (χ2n) is 4.74. The predicted molar refractivity (Wildman–Crippen MR) is 79.3 cm³/mol. The van der Waals surface area contributed by atoms with E-state index in [1.54, 1.807) is 24.3 Å². The number of sulfonamides is 1. The summed E-state index contributed by atoms with van der Waals surface area (Å²) >= 11 is 0. The van der Waals surface area contributed by atoms with Crippen LogP contribution >= 0.6 is 0 Å². The SMILES string of the molecule is Nc1ccccc1OCCS(=O)(=O)N1CCCNC(=O)C1. The van der Waals surface area contributed by atoms with Gasteiger partial charge in [-0.3, -0.25) is 4.79 Å². The van der Waals surface area contributed by atoms with Gasteiger partial charge < -0.3 is 15.8 Å². The number of carbonyl (C=O) groups is 1. The first-order chi connectivity index (χ1) is 9.99. The minimum absolute atomic E-state index is 0.00529. The number of amides is 1. The lowest BCUT2D eigenvalue weighted by Gasteiger charge is -2.18. The number of ether oxygens (including phenoxy) is 1. The normalized spacial score (nSPS) is 17.0. The molecule has 21 heavy (non-hydrogen) atoms. The van der Waals surface area contributed by atoms with Crippen LogP contribution in [0.5, 0.6) is 5.75 Å². The summed E-state index contributed by atoms with van der Waals surface area (Å²) in [5.74, 6) is -0.000152. The Morgan fingerprint density at radius 1 is 1.33 bits per heavy atom. The van der Waals surface area contributed by atoms with Crippen LogP contribution in [0.15, 0.2) is 24.3 Å². The Hall–Kier alpha value is -1.80. The molecule has 0 unspecified atom stereocenters. The molecule has 1 aromatic rings. The van der Waals surface area contributed by atoms with E-state index in [1.807, 2.05) is 0 Å². The van der Waals surface area contributed by atoms with Crippen molar-refractivity contribution in [3.8, 4) is 5.75 Å². The van der Waals surface area contributed by atoms with E-state index in [0.717, 1.165) is 0 Å². The maximum Gasteiger partial charge on any atom is 0.235 e. The van der Waals surface area contributed by atoms with Gasteiger partial charge in [0.25, 0.3) is 0 Å². The summed E-state index contributed by atoms with van der Waals surface area (Å²) < 4.78 is 31.0. The molecule has 0 aromatic heterocycles. The first-order valence-electron chi connectivity index (χ1n) is 6.71. The van der Waals surface area contributed by atoms with Crippen molar-refractivity contribution in [2.24, 2.45) is 0 Å². The zero-order valence-electron chi connectivity index (χ0n) is 11.6. The van der Waals surface area contributed by atoms with Gasteiger partial charge in [-0.05, 0) is 18.6 Å². The summed E-state index contributed by atoms with van der Waals surface area (Å²) in [6.45, 7) is 0.709. The van der Waals surface area contributed by atoms with Gasteiger partial charge in [-0.2, -0.15) is 4.31 Å². The average molecular weight is 313 g/mol. The predicted octanol–water partition coefficient (Wildman–Crippen LogP) is -0.201. The third-order valence-corrected chi connectivity index (χ3v) is 4.92. The number of nitrogens with zero attached hydrogens (tertiary/aromatic N) is 1. The largest absolute Gasteiger partial charge is 0.490 e. The Kier molecular flexibility index (Phi) is 5.03. The van der Waals surface area contributed by atoms with Crippen molar-refractivity contribution in [2.45, 2.75) is 6.42 Å². The maximum absolute atomic E-state index is 12.2. The molecule has 0 atom stereocenters. The van der Waals surface area contributed by atoms with E-state index in [0.29, 0.717) is 30.9 Å². The van der Waals surface area contributed by atoms with Crippen LogP contribution in [0.3, 0.4) is 0 Å². The van der Waals surface area contributed by atoms with Crippen molar-refractivity contribution >= 4 is 21.6 Å². The van der Waals surface area contributed by atoms with Crippen LogP contribution < -0.4 is 15.8 Å². The zero-order chi connectivity index (χ0) is 15.3. The van der Waals surface area contributed by atoms with E-state index in [9.17, 15) is 13.2 Å². The third-order valence-electron chi connectivity index (χ3n) is 3.14. The molecule has 8 heteroatoms. The van der Waals surface area contributed by atoms with Crippen LogP contribution in [0.1, 0.15) is 6.42 Å². The average Bonchev–Trinajstić information content (AvgIpc) is 2.66. The molecule has 1 amide bonds. The molecule has 0 saturated carbocycles. The van der Waals surface area contributed by atoms with Crippen LogP contribution in [0.4, 0.5) is 5.69 Å². The minimum atomic E-state index is -3.52. The van der Waals surface area contributed by atoms with Crippen molar-refractivity contribution < 1.29 is 17.9 Å². The molecule has 3 N–H and O–H groups in total. The molecule has 1 aliphatic heterocycles. The number of hydrogen-bond donors (Lipinski definition) is 2. The highest BCUT2D eigenvalue weighted by molar-refractivity contribution is 7.89. The monoisotopic (exact) mass is 313 g/mol. The van der Waals surface area contributed by atoms with Gasteiger partial charge in [-0.1, -0.05) is 12.1 Å². The Morgan fingerprint density at radius 2 is 2.10 bits per heavy atom. The van der Waals surface area contributed by atoms with Crippen LogP contribution in [-0.4, -0.2) is 50.6 Å². The summed E-state index contributed by atoms with van der Waals surface area (Å²) in [5, 5.41) is 2.64. The summed E-state index contributed by atoms with van der Waals surface area (Å²) in [6, 6.07) is 6.90. The first kappa shape index (κ1) is 15.6. The molecule has 2 rings (SSSR count). The van der Waals surface area contributed by atoms with Gasteiger partial charge in [-0.25, -0.2) is 8.42 Å². The van der Waals surface area contributed by atoms with Crippen molar-refractivity contribution in [1.29, 1.82) is 0 Å². The highest BCUT2D eigenvalue weighted by Gasteiger charge is 2.26. The van der Waals surface area contributed by atoms with Crippen LogP contribution in [0.25, 0.3) is 0 Å². The Balaban J connectivity index is 1.92. The standard InChI is InChI=1S/C13H19N3O4S/c14-11-4-1-2-5-12(11)20-8-9-21(18,19)16-7-3-6-15-13(17)10-16/h1-2,4-5H,3,6-10,14H2,(H,15,17). The van der Waals surface area contributed by atoms with Crippen LogP contribution in [0.2, 0.25) is 0 Å². The molecule has 7 nitrogen and oxygen atoms in total. The number of para-hydroxylation sites is 2. The molecular formula is C13H19N3O4S.